The van der Waals surface area contributed by atoms with Gasteiger partial charge in [-0.1, -0.05) is 23.7 Å². The number of aliphatic hydroxyl groups is 1. The number of aromatic nitrogens is 6. The van der Waals surface area contributed by atoms with E-state index in [1.807, 2.05) is 35.9 Å². The molecule has 1 aromatic carbocycles. The summed E-state index contributed by atoms with van der Waals surface area (Å²) in [6.07, 6.45) is 2.05. The van der Waals surface area contributed by atoms with Crippen molar-refractivity contribution in [3.8, 4) is 11.4 Å². The van der Waals surface area contributed by atoms with Crippen LogP contribution in [0.15, 0.2) is 54.7 Å². The lowest BCUT2D eigenvalue weighted by Crippen LogP contribution is -2.48. The molecular formula is C24H24ClN7O. The Labute approximate surface area is 195 Å². The van der Waals surface area contributed by atoms with Crippen LogP contribution in [-0.2, 0) is 6.54 Å². The van der Waals surface area contributed by atoms with Crippen LogP contribution in [0.4, 0.5) is 0 Å². The van der Waals surface area contributed by atoms with Gasteiger partial charge in [0.2, 0.25) is 0 Å². The van der Waals surface area contributed by atoms with Crippen LogP contribution in [0.5, 0.6) is 0 Å². The van der Waals surface area contributed by atoms with E-state index in [1.54, 1.807) is 0 Å². The molecule has 1 fully saturated rings. The molecular weight excluding hydrogens is 438 g/mol. The molecule has 0 saturated carbocycles. The van der Waals surface area contributed by atoms with Gasteiger partial charge in [-0.15, -0.1) is 10.2 Å². The number of pyridine rings is 1. The van der Waals surface area contributed by atoms with Gasteiger partial charge in [0.25, 0.3) is 0 Å². The lowest BCUT2D eigenvalue weighted by Gasteiger charge is -2.38. The zero-order valence-corrected chi connectivity index (χ0v) is 19.0. The predicted molar refractivity (Wildman–Crippen MR) is 128 cm³/mol. The third-order valence-electron chi connectivity index (χ3n) is 6.43. The number of likely N-dealkylation sites (tertiary alicyclic amines) is 1. The number of fused-ring (bicyclic) bond motifs is 3. The fourth-order valence-electron chi connectivity index (χ4n) is 4.75. The molecule has 8 nitrogen and oxygen atoms in total. The van der Waals surface area contributed by atoms with Gasteiger partial charge in [0.1, 0.15) is 11.5 Å². The number of halogens is 1. The number of β-amino-alcohol motifs (C(OH)–C–C–N with tert-alkyl or cyclic N) is 1. The van der Waals surface area contributed by atoms with E-state index in [0.717, 1.165) is 57.6 Å². The van der Waals surface area contributed by atoms with Crippen LogP contribution in [0.2, 0.25) is 5.02 Å². The summed E-state index contributed by atoms with van der Waals surface area (Å²) in [5.41, 5.74) is 6.06. The Morgan fingerprint density at radius 2 is 1.94 bits per heavy atom. The summed E-state index contributed by atoms with van der Waals surface area (Å²) in [7, 11) is 0. The van der Waals surface area contributed by atoms with Gasteiger partial charge in [-0.2, -0.15) is 5.10 Å². The average molecular weight is 462 g/mol. The van der Waals surface area contributed by atoms with E-state index in [4.69, 9.17) is 21.8 Å². The minimum Gasteiger partial charge on any atom is -0.395 e. The number of nitrogens with zero attached hydrogens (tertiary/aromatic N) is 7. The van der Waals surface area contributed by atoms with Gasteiger partial charge in [-0.25, -0.2) is 0 Å². The van der Waals surface area contributed by atoms with Gasteiger partial charge in [-0.3, -0.25) is 14.0 Å². The minimum absolute atomic E-state index is 0.192. The smallest absolute Gasteiger partial charge is 0.161 e. The summed E-state index contributed by atoms with van der Waals surface area (Å²) in [6.45, 7) is 5.37. The molecule has 6 rings (SSSR count). The molecule has 1 aliphatic rings. The molecule has 33 heavy (non-hydrogen) atoms. The van der Waals surface area contributed by atoms with Crippen molar-refractivity contribution in [2.45, 2.75) is 19.5 Å². The van der Waals surface area contributed by atoms with Crippen molar-refractivity contribution in [2.75, 3.05) is 26.2 Å². The van der Waals surface area contributed by atoms with E-state index in [0.29, 0.717) is 19.1 Å². The van der Waals surface area contributed by atoms with Crippen LogP contribution >= 0.6 is 11.6 Å². The highest BCUT2D eigenvalue weighted by Gasteiger charge is 2.28. The molecule has 0 spiro atoms. The number of aliphatic hydroxyl groups excluding tert-OH is 1. The molecule has 0 aliphatic carbocycles. The van der Waals surface area contributed by atoms with Gasteiger partial charge in [0, 0.05) is 37.4 Å². The van der Waals surface area contributed by atoms with Crippen LogP contribution in [0.1, 0.15) is 17.4 Å². The molecule has 0 radical (unpaired) electrons. The van der Waals surface area contributed by atoms with Crippen molar-refractivity contribution in [1.82, 2.24) is 33.8 Å². The molecule has 0 amide bonds. The Kier molecular flexibility index (Phi) is 4.94. The third kappa shape index (κ3) is 3.51. The Balaban J connectivity index is 1.45. The minimum atomic E-state index is 0.192. The standard InChI is InChI=1S/C24H24ClN7O/c1-16-26-27-24-6-5-21-23(32(16)24)12-22(30(21)13-17-3-2-4-18(25)11-17)20-7-8-31(28-20)19-14-29(15-19)9-10-33/h2-8,11-12,19,33H,9-10,13-15H2,1H3. The maximum absolute atomic E-state index is 9.14. The molecule has 1 saturated heterocycles. The normalized spacial score (nSPS) is 15.0. The molecule has 168 valence electrons. The van der Waals surface area contributed by atoms with E-state index in [1.165, 1.54) is 0 Å². The fraction of sp³-hybridized carbons (Fsp3) is 0.292. The highest BCUT2D eigenvalue weighted by Crippen LogP contribution is 2.31. The van der Waals surface area contributed by atoms with Crippen molar-refractivity contribution in [3.63, 3.8) is 0 Å². The quantitative estimate of drug-likeness (QED) is 0.419. The fourth-order valence-corrected chi connectivity index (χ4v) is 4.97. The van der Waals surface area contributed by atoms with Gasteiger partial charge in [0.05, 0.1) is 29.4 Å². The highest BCUT2D eigenvalue weighted by molar-refractivity contribution is 6.30. The third-order valence-corrected chi connectivity index (χ3v) is 6.66. The number of aryl methyl sites for hydroxylation is 1. The van der Waals surface area contributed by atoms with Crippen LogP contribution in [0, 0.1) is 6.92 Å². The van der Waals surface area contributed by atoms with Crippen LogP contribution in [-0.4, -0.2) is 65.2 Å². The van der Waals surface area contributed by atoms with Crippen molar-refractivity contribution in [2.24, 2.45) is 0 Å². The molecule has 0 bridgehead atoms. The van der Waals surface area contributed by atoms with E-state index >= 15 is 0 Å². The Bertz CT molecular complexity index is 1460. The molecule has 5 aromatic rings. The molecule has 9 heteroatoms. The monoisotopic (exact) mass is 461 g/mol. The lowest BCUT2D eigenvalue weighted by molar-refractivity contribution is 0.0775. The van der Waals surface area contributed by atoms with Gasteiger partial charge in [0.15, 0.2) is 5.65 Å². The second-order valence-corrected chi connectivity index (χ2v) is 9.04. The zero-order valence-electron chi connectivity index (χ0n) is 18.3. The second-order valence-electron chi connectivity index (χ2n) is 8.61. The van der Waals surface area contributed by atoms with Gasteiger partial charge >= 0.3 is 0 Å². The summed E-state index contributed by atoms with van der Waals surface area (Å²) in [5, 5.41) is 23.4. The first-order chi connectivity index (χ1) is 16.1. The van der Waals surface area contributed by atoms with Crippen LogP contribution in [0.25, 0.3) is 28.1 Å². The SMILES string of the molecule is Cc1nnc2ccc3c(cc(-c4ccn(C5CN(CCO)C5)n4)n3Cc3cccc(Cl)c3)n12. The van der Waals surface area contributed by atoms with E-state index in [2.05, 4.69) is 54.5 Å². The Morgan fingerprint density at radius 3 is 2.76 bits per heavy atom. The van der Waals surface area contributed by atoms with E-state index in [9.17, 15) is 0 Å². The van der Waals surface area contributed by atoms with Crippen LogP contribution in [0.3, 0.4) is 0 Å². The molecule has 0 unspecified atom stereocenters. The maximum Gasteiger partial charge on any atom is 0.161 e. The summed E-state index contributed by atoms with van der Waals surface area (Å²) in [5.74, 6) is 0.853. The Morgan fingerprint density at radius 1 is 1.06 bits per heavy atom. The Hall–Kier alpha value is -3.20. The molecule has 0 atom stereocenters. The van der Waals surface area contributed by atoms with E-state index in [-0.39, 0.29) is 6.61 Å². The largest absolute Gasteiger partial charge is 0.395 e. The van der Waals surface area contributed by atoms with Gasteiger partial charge in [-0.05, 0) is 48.9 Å². The first-order valence-electron chi connectivity index (χ1n) is 11.1. The van der Waals surface area contributed by atoms with Crippen molar-refractivity contribution in [3.05, 3.63) is 71.1 Å². The molecule has 1 N–H and O–H groups in total. The van der Waals surface area contributed by atoms with Gasteiger partial charge < -0.3 is 9.67 Å². The number of benzene rings is 1. The zero-order chi connectivity index (χ0) is 22.5. The number of hydrogen-bond donors (Lipinski definition) is 1. The average Bonchev–Trinajstić information content (AvgIpc) is 3.48. The molecule has 1 aliphatic heterocycles. The topological polar surface area (TPSA) is 76.4 Å². The number of rotatable bonds is 6. The lowest BCUT2D eigenvalue weighted by atomic mass is 10.1. The summed E-state index contributed by atoms with van der Waals surface area (Å²) in [6, 6.07) is 16.7. The van der Waals surface area contributed by atoms with Crippen LogP contribution < -0.4 is 0 Å². The summed E-state index contributed by atoms with van der Waals surface area (Å²) < 4.78 is 6.42. The summed E-state index contributed by atoms with van der Waals surface area (Å²) >= 11 is 6.27. The first kappa shape index (κ1) is 20.4. The van der Waals surface area contributed by atoms with Crippen molar-refractivity contribution in [1.29, 1.82) is 0 Å². The highest BCUT2D eigenvalue weighted by atomic mass is 35.5. The molecule has 4 aromatic heterocycles. The van der Waals surface area contributed by atoms with Crippen molar-refractivity contribution < 1.29 is 5.11 Å². The predicted octanol–water partition coefficient (Wildman–Crippen LogP) is 3.41. The summed E-state index contributed by atoms with van der Waals surface area (Å²) in [4.78, 5) is 2.23. The first-order valence-corrected chi connectivity index (χ1v) is 11.5. The molecule has 5 heterocycles. The van der Waals surface area contributed by atoms with E-state index < -0.39 is 0 Å². The van der Waals surface area contributed by atoms with Crippen molar-refractivity contribution >= 4 is 28.3 Å². The maximum atomic E-state index is 9.14. The second kappa shape index (κ2) is 7.98. The number of hydrogen-bond acceptors (Lipinski definition) is 5.